The first-order valence-electron chi connectivity index (χ1n) is 8.01. The molecule has 3 amide bonds. The Morgan fingerprint density at radius 2 is 1.87 bits per heavy atom. The van der Waals surface area contributed by atoms with Crippen molar-refractivity contribution >= 4 is 17.7 Å². The second kappa shape index (κ2) is 5.16. The van der Waals surface area contributed by atoms with Crippen molar-refractivity contribution < 1.29 is 14.4 Å². The van der Waals surface area contributed by atoms with Gasteiger partial charge < -0.3 is 9.80 Å². The van der Waals surface area contributed by atoms with Gasteiger partial charge in [0.1, 0.15) is 6.04 Å². The van der Waals surface area contributed by atoms with E-state index in [9.17, 15) is 14.4 Å². The lowest BCUT2D eigenvalue weighted by Crippen LogP contribution is -2.52. The van der Waals surface area contributed by atoms with Crippen molar-refractivity contribution in [3.05, 3.63) is 34.4 Å². The lowest BCUT2D eigenvalue weighted by Gasteiger charge is -2.29. The number of carbonyl (C=O) groups is 3. The fraction of sp³-hybridized carbons (Fsp3) is 0.471. The maximum atomic E-state index is 12.7. The van der Waals surface area contributed by atoms with Crippen molar-refractivity contribution in [3.63, 3.8) is 0 Å². The van der Waals surface area contributed by atoms with Gasteiger partial charge in [0.2, 0.25) is 11.8 Å². The van der Waals surface area contributed by atoms with E-state index >= 15 is 0 Å². The van der Waals surface area contributed by atoms with Crippen LogP contribution < -0.4 is 5.32 Å². The molecular weight excluding hydrogens is 294 g/mol. The van der Waals surface area contributed by atoms with Gasteiger partial charge in [0.25, 0.3) is 5.91 Å². The minimum absolute atomic E-state index is 0.0868. The molecular formula is C17H19N3O3. The number of piperidine rings is 1. The normalized spacial score (nSPS) is 24.5. The Balaban J connectivity index is 1.63. The third-order valence-electron chi connectivity index (χ3n) is 5.05. The molecule has 1 N–H and O–H groups in total. The molecule has 1 atom stereocenters. The van der Waals surface area contributed by atoms with Crippen molar-refractivity contribution in [1.82, 2.24) is 15.1 Å². The predicted molar refractivity (Wildman–Crippen MR) is 82.5 cm³/mol. The number of carbonyl (C=O) groups excluding carboxylic acids is 3. The van der Waals surface area contributed by atoms with Gasteiger partial charge in [-0.15, -0.1) is 0 Å². The van der Waals surface area contributed by atoms with Gasteiger partial charge in [-0.2, -0.15) is 0 Å². The molecule has 4 rings (SSSR count). The predicted octanol–water partition coefficient (Wildman–Crippen LogP) is 0.436. The highest BCUT2D eigenvalue weighted by atomic mass is 16.2. The van der Waals surface area contributed by atoms with Crippen molar-refractivity contribution in [2.75, 3.05) is 13.6 Å². The number of benzene rings is 1. The highest BCUT2D eigenvalue weighted by Crippen LogP contribution is 2.31. The number of fused-ring (bicyclic) bond motifs is 2. The third kappa shape index (κ3) is 2.34. The standard InChI is InChI=1S/C17H19N3O3/c1-19-5-4-10-7-13-12(6-11(10)8-19)9-20(17(13)23)14-2-3-15(21)18-16(14)22/h6-7,14H,2-5,8-9H2,1H3,(H,18,21,22). The number of imide groups is 1. The highest BCUT2D eigenvalue weighted by Gasteiger charge is 2.39. The molecule has 1 saturated heterocycles. The molecule has 3 aliphatic heterocycles. The van der Waals surface area contributed by atoms with E-state index in [2.05, 4.69) is 23.3 Å². The molecule has 6 heteroatoms. The van der Waals surface area contributed by atoms with Crippen LogP contribution in [0.15, 0.2) is 12.1 Å². The van der Waals surface area contributed by atoms with Gasteiger partial charge in [0, 0.05) is 31.6 Å². The first kappa shape index (κ1) is 14.4. The summed E-state index contributed by atoms with van der Waals surface area (Å²) in [7, 11) is 2.09. The quantitative estimate of drug-likeness (QED) is 0.764. The topological polar surface area (TPSA) is 69.7 Å². The number of hydrogen-bond donors (Lipinski definition) is 1. The fourth-order valence-electron chi connectivity index (χ4n) is 3.77. The van der Waals surface area contributed by atoms with Crippen LogP contribution in [0.3, 0.4) is 0 Å². The molecule has 0 saturated carbocycles. The van der Waals surface area contributed by atoms with Crippen LogP contribution in [-0.2, 0) is 29.1 Å². The lowest BCUT2D eigenvalue weighted by atomic mass is 9.95. The zero-order valence-corrected chi connectivity index (χ0v) is 13.1. The molecule has 0 aromatic heterocycles. The average molecular weight is 313 g/mol. The number of nitrogens with zero attached hydrogens (tertiary/aromatic N) is 2. The Bertz CT molecular complexity index is 728. The second-order valence-electron chi connectivity index (χ2n) is 6.67. The molecule has 0 aliphatic carbocycles. The SMILES string of the molecule is CN1CCc2cc3c(cc2C1)CN(C1CCC(=O)NC1=O)C3=O. The van der Waals surface area contributed by atoms with Crippen molar-refractivity contribution in [1.29, 1.82) is 0 Å². The van der Waals surface area contributed by atoms with Crippen molar-refractivity contribution in [3.8, 4) is 0 Å². The molecule has 1 fully saturated rings. The highest BCUT2D eigenvalue weighted by molar-refractivity contribution is 6.05. The molecule has 0 radical (unpaired) electrons. The van der Waals surface area contributed by atoms with Gasteiger partial charge >= 0.3 is 0 Å². The monoisotopic (exact) mass is 313 g/mol. The van der Waals surface area contributed by atoms with Crippen LogP contribution in [0.2, 0.25) is 0 Å². The van der Waals surface area contributed by atoms with E-state index in [1.807, 2.05) is 6.07 Å². The molecule has 1 aromatic carbocycles. The maximum absolute atomic E-state index is 12.7. The van der Waals surface area contributed by atoms with Crippen LogP contribution in [0.5, 0.6) is 0 Å². The van der Waals surface area contributed by atoms with Crippen LogP contribution in [0, 0.1) is 0 Å². The summed E-state index contributed by atoms with van der Waals surface area (Å²) < 4.78 is 0. The summed E-state index contributed by atoms with van der Waals surface area (Å²) in [6.45, 7) is 2.35. The minimum Gasteiger partial charge on any atom is -0.322 e. The molecule has 0 spiro atoms. The van der Waals surface area contributed by atoms with Gasteiger partial charge in [-0.05, 0) is 42.6 Å². The zero-order chi connectivity index (χ0) is 16.1. The summed E-state index contributed by atoms with van der Waals surface area (Å²) in [4.78, 5) is 40.0. The Hall–Kier alpha value is -2.21. The minimum atomic E-state index is -0.535. The molecule has 6 nitrogen and oxygen atoms in total. The van der Waals surface area contributed by atoms with E-state index in [0.717, 1.165) is 30.6 Å². The number of likely N-dealkylation sites (N-methyl/N-ethyl adjacent to an activating group) is 1. The summed E-state index contributed by atoms with van der Waals surface area (Å²) in [6, 6.07) is 3.59. The van der Waals surface area contributed by atoms with E-state index in [-0.39, 0.29) is 24.1 Å². The number of rotatable bonds is 1. The van der Waals surface area contributed by atoms with Crippen LogP contribution in [0.25, 0.3) is 0 Å². The van der Waals surface area contributed by atoms with Gasteiger partial charge in [-0.25, -0.2) is 0 Å². The largest absolute Gasteiger partial charge is 0.322 e. The summed E-state index contributed by atoms with van der Waals surface area (Å²) >= 11 is 0. The van der Waals surface area contributed by atoms with Crippen LogP contribution in [-0.4, -0.2) is 47.2 Å². The van der Waals surface area contributed by atoms with Gasteiger partial charge in [-0.3, -0.25) is 19.7 Å². The van der Waals surface area contributed by atoms with Crippen LogP contribution in [0.4, 0.5) is 0 Å². The van der Waals surface area contributed by atoms with E-state index in [1.165, 1.54) is 11.1 Å². The summed E-state index contributed by atoms with van der Waals surface area (Å²) in [5.41, 5.74) is 4.22. The van der Waals surface area contributed by atoms with Crippen LogP contribution in [0.1, 0.15) is 39.9 Å². The Labute approximate surface area is 134 Å². The van der Waals surface area contributed by atoms with Crippen molar-refractivity contribution in [2.24, 2.45) is 0 Å². The molecule has 3 heterocycles. The summed E-state index contributed by atoms with van der Waals surface area (Å²) in [5, 5.41) is 2.34. The van der Waals surface area contributed by atoms with Gasteiger partial charge in [-0.1, -0.05) is 6.07 Å². The molecule has 23 heavy (non-hydrogen) atoms. The maximum Gasteiger partial charge on any atom is 0.255 e. The zero-order valence-electron chi connectivity index (χ0n) is 13.1. The van der Waals surface area contributed by atoms with Gasteiger partial charge in [0.15, 0.2) is 0 Å². The Kier molecular flexibility index (Phi) is 3.23. The molecule has 0 bridgehead atoms. The van der Waals surface area contributed by atoms with Gasteiger partial charge in [0.05, 0.1) is 0 Å². The van der Waals surface area contributed by atoms with Crippen LogP contribution >= 0.6 is 0 Å². The average Bonchev–Trinajstić information content (AvgIpc) is 2.81. The van der Waals surface area contributed by atoms with E-state index in [0.29, 0.717) is 13.0 Å². The lowest BCUT2D eigenvalue weighted by molar-refractivity contribution is -0.136. The fourth-order valence-corrected chi connectivity index (χ4v) is 3.77. The smallest absolute Gasteiger partial charge is 0.255 e. The number of amides is 3. The first-order valence-corrected chi connectivity index (χ1v) is 8.01. The van der Waals surface area contributed by atoms with E-state index in [4.69, 9.17) is 0 Å². The molecule has 1 aromatic rings. The molecule has 120 valence electrons. The number of nitrogens with one attached hydrogen (secondary N) is 1. The van der Waals surface area contributed by atoms with Crippen molar-refractivity contribution in [2.45, 2.75) is 38.4 Å². The van der Waals surface area contributed by atoms with E-state index < -0.39 is 6.04 Å². The van der Waals surface area contributed by atoms with E-state index in [1.54, 1.807) is 4.90 Å². The molecule has 1 unspecified atom stereocenters. The Morgan fingerprint density at radius 3 is 2.65 bits per heavy atom. The number of hydrogen-bond acceptors (Lipinski definition) is 4. The Morgan fingerprint density at radius 1 is 1.04 bits per heavy atom. The third-order valence-corrected chi connectivity index (χ3v) is 5.05. The summed E-state index contributed by atoms with van der Waals surface area (Å²) in [5.74, 6) is -0.697. The molecule has 3 aliphatic rings. The first-order chi connectivity index (χ1) is 11.0. The summed E-state index contributed by atoms with van der Waals surface area (Å²) in [6.07, 6.45) is 1.65. The second-order valence-corrected chi connectivity index (χ2v) is 6.67.